The Balaban J connectivity index is 2.27. The van der Waals surface area contributed by atoms with Gasteiger partial charge in [-0.15, -0.1) is 0 Å². The third-order valence-corrected chi connectivity index (χ3v) is 3.05. The molecule has 4 N–H and O–H groups in total. The van der Waals surface area contributed by atoms with Gasteiger partial charge in [-0.05, 0) is 0 Å². The zero-order valence-corrected chi connectivity index (χ0v) is 10.3. The van der Waals surface area contributed by atoms with Crippen molar-refractivity contribution in [3.8, 4) is 0 Å². The van der Waals surface area contributed by atoms with E-state index in [9.17, 15) is 9.90 Å². The van der Waals surface area contributed by atoms with E-state index in [1.807, 2.05) is 0 Å². The first-order chi connectivity index (χ1) is 8.09. The summed E-state index contributed by atoms with van der Waals surface area (Å²) in [6.45, 7) is 1.64. The van der Waals surface area contributed by atoms with Crippen LogP contribution in [0.1, 0.15) is 19.3 Å². The van der Waals surface area contributed by atoms with Crippen molar-refractivity contribution in [3.63, 3.8) is 0 Å². The van der Waals surface area contributed by atoms with Crippen molar-refractivity contribution in [1.82, 2.24) is 5.32 Å². The first kappa shape index (κ1) is 14.4. The van der Waals surface area contributed by atoms with Crippen LogP contribution in [0.25, 0.3) is 0 Å². The van der Waals surface area contributed by atoms with Crippen LogP contribution in [0.15, 0.2) is 0 Å². The molecule has 0 aromatic rings. The zero-order chi connectivity index (χ0) is 12.7. The third kappa shape index (κ3) is 4.99. The van der Waals surface area contributed by atoms with E-state index < -0.39 is 5.60 Å². The Hall–Kier alpha value is -0.690. The van der Waals surface area contributed by atoms with E-state index in [2.05, 4.69) is 5.32 Å². The van der Waals surface area contributed by atoms with E-state index in [4.69, 9.17) is 15.2 Å². The smallest absolute Gasteiger partial charge is 0.222 e. The fraction of sp³-hybridized carbons (Fsp3) is 0.909. The van der Waals surface area contributed by atoms with Crippen LogP contribution < -0.4 is 11.1 Å². The number of hydrogen-bond donors (Lipinski definition) is 3. The van der Waals surface area contributed by atoms with Gasteiger partial charge in [-0.3, -0.25) is 4.79 Å². The minimum atomic E-state index is -0.834. The first-order valence-corrected chi connectivity index (χ1v) is 5.89. The molecule has 0 bridgehead atoms. The summed E-state index contributed by atoms with van der Waals surface area (Å²) in [5, 5.41) is 12.8. The average Bonchev–Trinajstić information content (AvgIpc) is 2.34. The van der Waals surface area contributed by atoms with E-state index in [1.165, 1.54) is 7.11 Å². The Morgan fingerprint density at radius 1 is 1.59 bits per heavy atom. The molecule has 0 aliphatic carbocycles. The minimum Gasteiger partial charge on any atom is -0.388 e. The van der Waals surface area contributed by atoms with Crippen molar-refractivity contribution in [2.75, 3.05) is 33.4 Å². The van der Waals surface area contributed by atoms with Gasteiger partial charge in [-0.1, -0.05) is 0 Å². The second-order valence-electron chi connectivity index (χ2n) is 4.41. The molecule has 6 heteroatoms. The second-order valence-corrected chi connectivity index (χ2v) is 4.41. The van der Waals surface area contributed by atoms with Crippen molar-refractivity contribution in [3.05, 3.63) is 0 Å². The zero-order valence-electron chi connectivity index (χ0n) is 10.3. The molecule has 1 fully saturated rings. The molecule has 100 valence electrons. The Labute approximate surface area is 101 Å². The number of amides is 1. The highest BCUT2D eigenvalue weighted by Crippen LogP contribution is 2.19. The Bertz CT molecular complexity index is 238. The number of hydrogen-bond acceptors (Lipinski definition) is 5. The third-order valence-electron chi connectivity index (χ3n) is 3.05. The topological polar surface area (TPSA) is 93.8 Å². The number of nitrogens with one attached hydrogen (secondary N) is 1. The standard InChI is InChI=1S/C11H22N2O4/c1-16-9(7-12)6-10(14)13-8-11(15)2-4-17-5-3-11/h9,15H,2-8,12H2,1H3,(H,13,14). The highest BCUT2D eigenvalue weighted by atomic mass is 16.5. The lowest BCUT2D eigenvalue weighted by atomic mass is 9.94. The van der Waals surface area contributed by atoms with Crippen LogP contribution >= 0.6 is 0 Å². The average molecular weight is 246 g/mol. The molecule has 0 aromatic carbocycles. The van der Waals surface area contributed by atoms with Crippen molar-refractivity contribution < 1.29 is 19.4 Å². The Morgan fingerprint density at radius 2 is 2.24 bits per heavy atom. The minimum absolute atomic E-state index is 0.151. The molecule has 6 nitrogen and oxygen atoms in total. The monoisotopic (exact) mass is 246 g/mol. The van der Waals surface area contributed by atoms with Crippen LogP contribution in [-0.2, 0) is 14.3 Å². The molecule has 1 heterocycles. The van der Waals surface area contributed by atoms with Crippen LogP contribution in [0.4, 0.5) is 0 Å². The van der Waals surface area contributed by atoms with Gasteiger partial charge in [0, 0.05) is 46.3 Å². The first-order valence-electron chi connectivity index (χ1n) is 5.89. The molecule has 0 radical (unpaired) electrons. The van der Waals surface area contributed by atoms with E-state index >= 15 is 0 Å². The van der Waals surface area contributed by atoms with Gasteiger partial charge in [0.1, 0.15) is 0 Å². The molecule has 1 amide bonds. The molecule has 1 aliphatic rings. The van der Waals surface area contributed by atoms with Crippen LogP contribution in [0.3, 0.4) is 0 Å². The molecule has 1 aliphatic heterocycles. The number of carbonyl (C=O) groups excluding carboxylic acids is 1. The fourth-order valence-corrected chi connectivity index (χ4v) is 1.73. The second kappa shape index (κ2) is 6.90. The lowest BCUT2D eigenvalue weighted by molar-refractivity contribution is -0.126. The highest BCUT2D eigenvalue weighted by Gasteiger charge is 2.30. The predicted octanol–water partition coefficient (Wildman–Crippen LogP) is -0.992. The number of ether oxygens (including phenoxy) is 2. The summed E-state index contributed by atoms with van der Waals surface area (Å²) in [7, 11) is 1.52. The summed E-state index contributed by atoms with van der Waals surface area (Å²) < 4.78 is 10.2. The SMILES string of the molecule is COC(CN)CC(=O)NCC1(O)CCOCC1. The van der Waals surface area contributed by atoms with E-state index in [0.29, 0.717) is 32.6 Å². The van der Waals surface area contributed by atoms with Crippen LogP contribution in [-0.4, -0.2) is 56.1 Å². The molecule has 1 saturated heterocycles. The maximum Gasteiger partial charge on any atom is 0.222 e. The summed E-state index contributed by atoms with van der Waals surface area (Å²) in [5.74, 6) is -0.151. The number of aliphatic hydroxyl groups is 1. The van der Waals surface area contributed by atoms with Gasteiger partial charge in [0.15, 0.2) is 0 Å². The van der Waals surface area contributed by atoms with Gasteiger partial charge < -0.3 is 25.6 Å². The van der Waals surface area contributed by atoms with Gasteiger partial charge in [-0.25, -0.2) is 0 Å². The van der Waals surface area contributed by atoms with Gasteiger partial charge in [0.2, 0.25) is 5.91 Å². The van der Waals surface area contributed by atoms with Gasteiger partial charge in [0.05, 0.1) is 18.1 Å². The van der Waals surface area contributed by atoms with Crippen molar-refractivity contribution in [2.24, 2.45) is 5.73 Å². The van der Waals surface area contributed by atoms with Crippen LogP contribution in [0, 0.1) is 0 Å². The summed E-state index contributed by atoms with van der Waals surface area (Å²) in [5.41, 5.74) is 4.59. The van der Waals surface area contributed by atoms with Crippen molar-refractivity contribution >= 4 is 5.91 Å². The summed E-state index contributed by atoms with van der Waals surface area (Å²) in [6, 6.07) is 0. The molecule has 0 aromatic heterocycles. The maximum absolute atomic E-state index is 11.6. The van der Waals surface area contributed by atoms with Crippen molar-refractivity contribution in [2.45, 2.75) is 31.0 Å². The molecular formula is C11H22N2O4. The normalized spacial score (nSPS) is 20.9. The quantitative estimate of drug-likeness (QED) is 0.559. The molecule has 0 spiro atoms. The van der Waals surface area contributed by atoms with Crippen LogP contribution in [0.2, 0.25) is 0 Å². The number of carbonyl (C=O) groups is 1. The molecular weight excluding hydrogens is 224 g/mol. The molecule has 17 heavy (non-hydrogen) atoms. The van der Waals surface area contributed by atoms with E-state index in [-0.39, 0.29) is 25.0 Å². The molecule has 1 atom stereocenters. The van der Waals surface area contributed by atoms with E-state index in [0.717, 1.165) is 0 Å². The number of nitrogens with two attached hydrogens (primary N) is 1. The van der Waals surface area contributed by atoms with Gasteiger partial charge in [-0.2, -0.15) is 0 Å². The predicted molar refractivity (Wildman–Crippen MR) is 62.5 cm³/mol. The Kier molecular flexibility index (Phi) is 5.84. The summed E-state index contributed by atoms with van der Waals surface area (Å²) >= 11 is 0. The lowest BCUT2D eigenvalue weighted by Gasteiger charge is -2.32. The maximum atomic E-state index is 11.6. The van der Waals surface area contributed by atoms with Gasteiger partial charge in [0.25, 0.3) is 0 Å². The molecule has 1 rings (SSSR count). The Morgan fingerprint density at radius 3 is 2.76 bits per heavy atom. The molecule has 0 saturated carbocycles. The highest BCUT2D eigenvalue weighted by molar-refractivity contribution is 5.76. The van der Waals surface area contributed by atoms with Gasteiger partial charge >= 0.3 is 0 Å². The number of methoxy groups -OCH3 is 1. The lowest BCUT2D eigenvalue weighted by Crippen LogP contribution is -2.47. The molecule has 1 unspecified atom stereocenters. The number of rotatable bonds is 6. The fourth-order valence-electron chi connectivity index (χ4n) is 1.73. The van der Waals surface area contributed by atoms with Crippen LogP contribution in [0.5, 0.6) is 0 Å². The van der Waals surface area contributed by atoms with E-state index in [1.54, 1.807) is 0 Å². The van der Waals surface area contributed by atoms with Crippen molar-refractivity contribution in [1.29, 1.82) is 0 Å². The summed E-state index contributed by atoms with van der Waals surface area (Å²) in [6.07, 6.45) is 1.06. The largest absolute Gasteiger partial charge is 0.388 e. The summed E-state index contributed by atoms with van der Waals surface area (Å²) in [4.78, 5) is 11.6.